The number of hydrazone groups is 1. The molecule has 0 fully saturated rings. The van der Waals surface area contributed by atoms with Gasteiger partial charge in [0.25, 0.3) is 0 Å². The van der Waals surface area contributed by atoms with Gasteiger partial charge in [-0.1, -0.05) is 40.2 Å². The molecule has 0 spiro atoms. The summed E-state index contributed by atoms with van der Waals surface area (Å²) in [7, 11) is 3.97. The zero-order valence-electron chi connectivity index (χ0n) is 14.0. The van der Waals surface area contributed by atoms with E-state index in [0.29, 0.717) is 5.75 Å². The number of thioether (sulfide) groups is 1. The molecule has 1 N–H and O–H groups in total. The fraction of sp³-hybridized carbons (Fsp3) is 0.222. The van der Waals surface area contributed by atoms with Crippen LogP contribution in [-0.4, -0.2) is 32.0 Å². The monoisotopic (exact) mass is 483 g/mol. The maximum atomic E-state index is 11.8. The van der Waals surface area contributed by atoms with Crippen molar-refractivity contribution >= 4 is 61.4 Å². The molecule has 7 heteroatoms. The van der Waals surface area contributed by atoms with Crippen LogP contribution in [0.25, 0.3) is 0 Å². The summed E-state index contributed by atoms with van der Waals surface area (Å²) in [6, 6.07) is 13.9. The normalized spacial score (nSPS) is 10.9. The van der Waals surface area contributed by atoms with Gasteiger partial charge in [-0.05, 0) is 45.3 Å². The lowest BCUT2D eigenvalue weighted by Crippen LogP contribution is -2.19. The summed E-state index contributed by atoms with van der Waals surface area (Å²) >= 11 is 8.59. The molecule has 0 bridgehead atoms. The maximum Gasteiger partial charge on any atom is 0.250 e. The van der Waals surface area contributed by atoms with E-state index < -0.39 is 0 Å². The standard InChI is InChI=1S/C18H19Br2N3OS/c1-23(2)17-8-7-13(9-16(17)20)10-21-22-18(24)12-25-11-14-5-3-4-6-15(14)19/h3-10H,11-12H2,1-2H3,(H,22,24)/b21-10-. The van der Waals surface area contributed by atoms with Crippen LogP contribution in [0.1, 0.15) is 11.1 Å². The second-order valence-electron chi connectivity index (χ2n) is 5.48. The first-order valence-electron chi connectivity index (χ1n) is 7.57. The van der Waals surface area contributed by atoms with Crippen molar-refractivity contribution in [2.45, 2.75) is 5.75 Å². The first-order valence-corrected chi connectivity index (χ1v) is 10.3. The Hall–Kier alpha value is -1.31. The van der Waals surface area contributed by atoms with Gasteiger partial charge in [-0.3, -0.25) is 4.79 Å². The van der Waals surface area contributed by atoms with Crippen molar-refractivity contribution in [3.63, 3.8) is 0 Å². The summed E-state index contributed by atoms with van der Waals surface area (Å²) in [5, 5.41) is 4.02. The molecule has 0 aromatic heterocycles. The Bertz CT molecular complexity index is 766. The Morgan fingerprint density at radius 1 is 1.20 bits per heavy atom. The van der Waals surface area contributed by atoms with Gasteiger partial charge in [-0.25, -0.2) is 5.43 Å². The van der Waals surface area contributed by atoms with Gasteiger partial charge in [0.15, 0.2) is 0 Å². The van der Waals surface area contributed by atoms with E-state index in [-0.39, 0.29) is 5.91 Å². The third-order valence-electron chi connectivity index (χ3n) is 3.30. The number of benzene rings is 2. The Balaban J connectivity index is 1.79. The number of nitrogens with one attached hydrogen (secondary N) is 1. The summed E-state index contributed by atoms with van der Waals surface area (Å²) < 4.78 is 2.05. The lowest BCUT2D eigenvalue weighted by atomic mass is 10.2. The summed E-state index contributed by atoms with van der Waals surface area (Å²) in [4.78, 5) is 13.9. The van der Waals surface area contributed by atoms with Crippen LogP contribution in [0.3, 0.4) is 0 Å². The van der Waals surface area contributed by atoms with Crippen LogP contribution in [-0.2, 0) is 10.5 Å². The van der Waals surface area contributed by atoms with Crippen LogP contribution in [0.4, 0.5) is 5.69 Å². The van der Waals surface area contributed by atoms with Gasteiger partial charge in [-0.15, -0.1) is 11.8 Å². The van der Waals surface area contributed by atoms with E-state index >= 15 is 0 Å². The van der Waals surface area contributed by atoms with Crippen LogP contribution in [0.15, 0.2) is 56.5 Å². The van der Waals surface area contributed by atoms with Gasteiger partial charge < -0.3 is 4.90 Å². The number of hydrogen-bond acceptors (Lipinski definition) is 4. The van der Waals surface area contributed by atoms with E-state index in [1.807, 2.05) is 61.5 Å². The number of nitrogens with zero attached hydrogens (tertiary/aromatic N) is 2. The highest BCUT2D eigenvalue weighted by atomic mass is 79.9. The number of halogens is 2. The van der Waals surface area contributed by atoms with E-state index in [0.717, 1.165) is 25.9 Å². The quantitative estimate of drug-likeness (QED) is 0.459. The van der Waals surface area contributed by atoms with Crippen molar-refractivity contribution in [3.8, 4) is 0 Å². The molecule has 2 aromatic rings. The first-order chi connectivity index (χ1) is 12.0. The number of hydrogen-bond donors (Lipinski definition) is 1. The van der Waals surface area contributed by atoms with Crippen molar-refractivity contribution < 1.29 is 4.79 Å². The molecule has 0 saturated carbocycles. The maximum absolute atomic E-state index is 11.8. The predicted molar refractivity (Wildman–Crippen MR) is 115 cm³/mol. The van der Waals surface area contributed by atoms with Crippen molar-refractivity contribution in [2.75, 3.05) is 24.7 Å². The minimum atomic E-state index is -0.114. The van der Waals surface area contributed by atoms with Crippen LogP contribution >= 0.6 is 43.6 Å². The summed E-state index contributed by atoms with van der Waals surface area (Å²) in [6.07, 6.45) is 1.64. The number of rotatable bonds is 7. The fourth-order valence-electron chi connectivity index (χ4n) is 2.05. The zero-order valence-corrected chi connectivity index (χ0v) is 18.0. The molecule has 0 radical (unpaired) electrons. The molecule has 25 heavy (non-hydrogen) atoms. The topological polar surface area (TPSA) is 44.7 Å². The lowest BCUT2D eigenvalue weighted by molar-refractivity contribution is -0.118. The molecule has 132 valence electrons. The molecule has 0 saturated heterocycles. The molecule has 2 rings (SSSR count). The molecule has 4 nitrogen and oxygen atoms in total. The second kappa shape index (κ2) is 9.99. The molecule has 0 aliphatic rings. The van der Waals surface area contributed by atoms with Crippen molar-refractivity contribution in [3.05, 3.63) is 62.5 Å². The molecule has 0 atom stereocenters. The zero-order chi connectivity index (χ0) is 18.2. The lowest BCUT2D eigenvalue weighted by Gasteiger charge is -2.14. The van der Waals surface area contributed by atoms with Crippen LogP contribution in [0.5, 0.6) is 0 Å². The molecule has 0 aliphatic carbocycles. The van der Waals surface area contributed by atoms with Crippen molar-refractivity contribution in [1.29, 1.82) is 0 Å². The van der Waals surface area contributed by atoms with Crippen LogP contribution < -0.4 is 10.3 Å². The minimum absolute atomic E-state index is 0.114. The highest BCUT2D eigenvalue weighted by Gasteiger charge is 2.04. The average Bonchev–Trinajstić information content (AvgIpc) is 2.56. The van der Waals surface area contributed by atoms with E-state index in [2.05, 4.69) is 42.4 Å². The number of anilines is 1. The third-order valence-corrected chi connectivity index (χ3v) is 5.70. The van der Waals surface area contributed by atoms with Gasteiger partial charge in [-0.2, -0.15) is 5.10 Å². The molecular formula is C18H19Br2N3OS. The Kier molecular flexibility index (Phi) is 7.99. The van der Waals surface area contributed by atoms with Gasteiger partial charge >= 0.3 is 0 Å². The fourth-order valence-corrected chi connectivity index (χ4v) is 4.23. The Morgan fingerprint density at radius 3 is 2.64 bits per heavy atom. The minimum Gasteiger partial charge on any atom is -0.377 e. The summed E-state index contributed by atoms with van der Waals surface area (Å²) in [5.74, 6) is 1.02. The van der Waals surface area contributed by atoms with E-state index in [9.17, 15) is 4.79 Å². The van der Waals surface area contributed by atoms with E-state index in [1.165, 1.54) is 5.56 Å². The largest absolute Gasteiger partial charge is 0.377 e. The number of carbonyl (C=O) groups excluding carboxylic acids is 1. The van der Waals surface area contributed by atoms with Gasteiger partial charge in [0.1, 0.15) is 0 Å². The third kappa shape index (κ3) is 6.49. The first kappa shape index (κ1) is 20.0. The molecule has 2 aromatic carbocycles. The van der Waals surface area contributed by atoms with Crippen LogP contribution in [0.2, 0.25) is 0 Å². The Morgan fingerprint density at radius 2 is 1.96 bits per heavy atom. The molecule has 0 unspecified atom stereocenters. The average molecular weight is 485 g/mol. The number of amides is 1. The molecule has 0 heterocycles. The molecular weight excluding hydrogens is 466 g/mol. The highest BCUT2D eigenvalue weighted by Crippen LogP contribution is 2.25. The van der Waals surface area contributed by atoms with Gasteiger partial charge in [0.2, 0.25) is 5.91 Å². The molecule has 1 amide bonds. The van der Waals surface area contributed by atoms with Crippen LogP contribution in [0, 0.1) is 0 Å². The SMILES string of the molecule is CN(C)c1ccc(/C=N\NC(=O)CSCc2ccccc2Br)cc1Br. The predicted octanol–water partition coefficient (Wildman–Crippen LogP) is 4.66. The van der Waals surface area contributed by atoms with E-state index in [4.69, 9.17) is 0 Å². The second-order valence-corrected chi connectivity index (χ2v) is 8.18. The molecule has 0 aliphatic heterocycles. The van der Waals surface area contributed by atoms with Gasteiger partial charge in [0.05, 0.1) is 17.7 Å². The van der Waals surface area contributed by atoms with E-state index in [1.54, 1.807) is 18.0 Å². The smallest absolute Gasteiger partial charge is 0.250 e. The highest BCUT2D eigenvalue weighted by molar-refractivity contribution is 9.11. The number of carbonyl (C=O) groups is 1. The summed E-state index contributed by atoms with van der Waals surface area (Å²) in [6.45, 7) is 0. The van der Waals surface area contributed by atoms with Crippen molar-refractivity contribution in [2.24, 2.45) is 5.10 Å². The Labute approximate surface area is 169 Å². The summed E-state index contributed by atoms with van der Waals surface area (Å²) in [5.41, 5.74) is 5.74. The van der Waals surface area contributed by atoms with Crippen molar-refractivity contribution in [1.82, 2.24) is 5.43 Å². The van der Waals surface area contributed by atoms with Gasteiger partial charge in [0, 0.05) is 28.8 Å².